The smallest absolute Gasteiger partial charge is 0.262 e. The summed E-state index contributed by atoms with van der Waals surface area (Å²) in [6.07, 6.45) is 10.9. The summed E-state index contributed by atoms with van der Waals surface area (Å²) in [5.74, 6) is -0.861. The van der Waals surface area contributed by atoms with E-state index in [9.17, 15) is 24.0 Å². The van der Waals surface area contributed by atoms with Gasteiger partial charge in [-0.05, 0) is 86.9 Å². The van der Waals surface area contributed by atoms with Gasteiger partial charge in [-0.1, -0.05) is 12.1 Å². The second-order valence-electron chi connectivity index (χ2n) is 16.8. The molecule has 5 aromatic rings. The molecule has 1 N–H and O–H groups in total. The van der Waals surface area contributed by atoms with E-state index < -0.39 is 29.7 Å². The van der Waals surface area contributed by atoms with Crippen molar-refractivity contribution in [3.8, 4) is 22.8 Å². The highest BCUT2D eigenvalue weighted by atomic mass is 16.5. The Kier molecular flexibility index (Phi) is 9.19. The normalized spacial score (nSPS) is 22.3. The molecule has 5 amide bonds. The van der Waals surface area contributed by atoms with Crippen LogP contribution < -0.4 is 14.8 Å². The largest absolute Gasteiger partial charge is 0.494 e. The molecule has 6 heterocycles. The van der Waals surface area contributed by atoms with Gasteiger partial charge in [0.1, 0.15) is 17.9 Å². The summed E-state index contributed by atoms with van der Waals surface area (Å²) in [5.41, 5.74) is 5.00. The number of rotatable bonds is 12. The molecule has 1 unspecified atom stereocenters. The van der Waals surface area contributed by atoms with E-state index in [-0.39, 0.29) is 53.4 Å². The van der Waals surface area contributed by atoms with Crippen molar-refractivity contribution >= 4 is 51.3 Å². The fraction of sp³-hybridized carbons (Fsp3) is 0.400. The van der Waals surface area contributed by atoms with Gasteiger partial charge in [0.05, 0.1) is 29.4 Å². The Hall–Kier alpha value is -6.15. The molecule has 3 aliphatic heterocycles. The number of hydrogen-bond acceptors (Lipinski definition) is 10. The highest BCUT2D eigenvalue weighted by molar-refractivity contribution is 6.23. The third-order valence-corrected chi connectivity index (χ3v) is 12.9. The zero-order valence-corrected chi connectivity index (χ0v) is 32.7. The minimum absolute atomic E-state index is 0.000929. The molecule has 2 aliphatic carbocycles. The van der Waals surface area contributed by atoms with Gasteiger partial charge in [-0.2, -0.15) is 0 Å². The first kappa shape index (κ1) is 37.1. The number of benzene rings is 2. The predicted octanol–water partition coefficient (Wildman–Crippen LogP) is 5.21. The third-order valence-electron chi connectivity index (χ3n) is 12.9. The fourth-order valence-electron chi connectivity index (χ4n) is 9.53. The molecule has 2 saturated carbocycles. The first-order chi connectivity index (χ1) is 28.6. The molecule has 2 saturated heterocycles. The maximum Gasteiger partial charge on any atom is 0.262 e. The first-order valence-corrected chi connectivity index (χ1v) is 20.5. The standard InChI is InChI=1S/C45H44N6O8/c1-49-36-12-13-46-23-35(36)32-7-4-26(18-38(32)49)27-5-11-40(47-22-27)59-30-16-28(17-30)42(54)50-24-45(25-50)20-31(21-45)58-15-3-2-14-57-29-6-8-33-34(19-29)44(56)51(43(33)55)37-9-10-39(52)48-41(37)53/h4-8,11-13,18-19,22-23,28,30-31,37H,2-3,9-10,14-17,20-21,24-25H2,1H3,(H,48,52,53)/t28-,30-,37?. The Balaban J connectivity index is 0.609. The molecule has 14 nitrogen and oxygen atoms in total. The predicted molar refractivity (Wildman–Crippen MR) is 214 cm³/mol. The number of unbranched alkanes of at least 4 members (excludes halogenated alkanes) is 1. The maximum absolute atomic E-state index is 13.2. The zero-order chi connectivity index (χ0) is 40.4. The van der Waals surface area contributed by atoms with Crippen LogP contribution in [0.25, 0.3) is 32.9 Å². The minimum atomic E-state index is -0.999. The quantitative estimate of drug-likeness (QED) is 0.131. The van der Waals surface area contributed by atoms with Crippen LogP contribution >= 0.6 is 0 Å². The van der Waals surface area contributed by atoms with Gasteiger partial charge in [-0.25, -0.2) is 4.98 Å². The molecular formula is C45H44N6O8. The van der Waals surface area contributed by atoms with E-state index in [0.717, 1.165) is 71.2 Å². The average molecular weight is 797 g/mol. The van der Waals surface area contributed by atoms with E-state index in [0.29, 0.717) is 37.7 Å². The van der Waals surface area contributed by atoms with Crippen molar-refractivity contribution < 1.29 is 38.2 Å². The third kappa shape index (κ3) is 6.68. The first-order valence-electron chi connectivity index (χ1n) is 20.5. The number of hydrogen-bond donors (Lipinski definition) is 1. The highest BCUT2D eigenvalue weighted by Gasteiger charge is 2.55. The number of imide groups is 2. The van der Waals surface area contributed by atoms with Crippen LogP contribution in [0, 0.1) is 11.3 Å². The second-order valence-corrected chi connectivity index (χ2v) is 16.8. The Morgan fingerprint density at radius 2 is 1.64 bits per heavy atom. The lowest BCUT2D eigenvalue weighted by Crippen LogP contribution is -2.66. The van der Waals surface area contributed by atoms with Gasteiger partial charge < -0.3 is 23.7 Å². The molecule has 4 fully saturated rings. The van der Waals surface area contributed by atoms with Crippen LogP contribution in [-0.2, 0) is 26.2 Å². The maximum atomic E-state index is 13.2. The van der Waals surface area contributed by atoms with Crippen molar-refractivity contribution in [3.63, 3.8) is 0 Å². The molecule has 0 radical (unpaired) electrons. The van der Waals surface area contributed by atoms with E-state index in [2.05, 4.69) is 45.1 Å². The summed E-state index contributed by atoms with van der Waals surface area (Å²) >= 11 is 0. The zero-order valence-electron chi connectivity index (χ0n) is 32.7. The van der Waals surface area contributed by atoms with Crippen LogP contribution in [0.5, 0.6) is 11.6 Å². The van der Waals surface area contributed by atoms with E-state index in [1.807, 2.05) is 41.7 Å². The Labute approximate surface area is 339 Å². The summed E-state index contributed by atoms with van der Waals surface area (Å²) in [7, 11) is 2.07. The number of nitrogens with one attached hydrogen (secondary N) is 1. The van der Waals surface area contributed by atoms with Gasteiger partial charge in [0.15, 0.2) is 0 Å². The number of pyridine rings is 2. The van der Waals surface area contributed by atoms with E-state index in [1.54, 1.807) is 18.2 Å². The second kappa shape index (κ2) is 14.6. The molecule has 3 aromatic heterocycles. The van der Waals surface area contributed by atoms with Gasteiger partial charge in [-0.3, -0.25) is 39.2 Å². The SMILES string of the molecule is Cn1c2ccncc2c2ccc(-c3ccc(O[C@H]4C[C@H](C(=O)N5CC6(CC(OCCCCOc7ccc8c(c7)C(=O)N(C7CCC(=O)NC7=O)C8=O)C6)C5)C4)nc3)cc21. The molecular weight excluding hydrogens is 753 g/mol. The molecule has 2 aromatic carbocycles. The van der Waals surface area contributed by atoms with Crippen LogP contribution in [0.1, 0.15) is 72.1 Å². The lowest BCUT2D eigenvalue weighted by Gasteiger charge is -2.59. The minimum Gasteiger partial charge on any atom is -0.494 e. The van der Waals surface area contributed by atoms with E-state index in [4.69, 9.17) is 14.2 Å². The number of piperidine rings is 1. The molecule has 0 bridgehead atoms. The van der Waals surface area contributed by atoms with Crippen molar-refractivity contribution in [1.29, 1.82) is 0 Å². The van der Waals surface area contributed by atoms with Crippen molar-refractivity contribution in [1.82, 2.24) is 29.7 Å². The number of aromatic nitrogens is 3. The Morgan fingerprint density at radius 3 is 2.44 bits per heavy atom. The van der Waals surface area contributed by atoms with Crippen molar-refractivity contribution in [2.45, 2.75) is 69.6 Å². The molecule has 1 atom stereocenters. The molecule has 10 rings (SSSR count). The summed E-state index contributed by atoms with van der Waals surface area (Å²) in [6.45, 7) is 2.63. The van der Waals surface area contributed by atoms with Crippen LogP contribution in [-0.4, -0.2) is 98.4 Å². The van der Waals surface area contributed by atoms with E-state index >= 15 is 0 Å². The average Bonchev–Trinajstić information content (AvgIpc) is 3.62. The molecule has 59 heavy (non-hydrogen) atoms. The number of likely N-dealkylation sites (tertiary alicyclic amines) is 1. The Morgan fingerprint density at radius 1 is 0.847 bits per heavy atom. The van der Waals surface area contributed by atoms with Crippen molar-refractivity contribution in [2.75, 3.05) is 26.3 Å². The molecule has 14 heteroatoms. The Bertz CT molecular complexity index is 2530. The van der Waals surface area contributed by atoms with Gasteiger partial charge in [0.25, 0.3) is 11.8 Å². The van der Waals surface area contributed by atoms with Gasteiger partial charge in [0.2, 0.25) is 23.6 Å². The van der Waals surface area contributed by atoms with Crippen LogP contribution in [0.4, 0.5) is 0 Å². The number of fused-ring (bicyclic) bond motifs is 4. The van der Waals surface area contributed by atoms with Crippen molar-refractivity contribution in [3.05, 3.63) is 84.3 Å². The van der Waals surface area contributed by atoms with Gasteiger partial charge in [0, 0.05) is 91.0 Å². The number of carbonyl (C=O) groups excluding carboxylic acids is 5. The number of amides is 5. The molecule has 302 valence electrons. The summed E-state index contributed by atoms with van der Waals surface area (Å²) in [5, 5.41) is 4.52. The number of aryl methyl sites for hydroxylation is 1. The van der Waals surface area contributed by atoms with Crippen LogP contribution in [0.15, 0.2) is 73.2 Å². The van der Waals surface area contributed by atoms with Gasteiger partial charge >= 0.3 is 0 Å². The summed E-state index contributed by atoms with van der Waals surface area (Å²) in [4.78, 5) is 74.8. The highest BCUT2D eigenvalue weighted by Crippen LogP contribution is 2.50. The summed E-state index contributed by atoms with van der Waals surface area (Å²) < 4.78 is 20.3. The molecule has 5 aliphatic rings. The number of nitrogens with zero attached hydrogens (tertiary/aromatic N) is 5. The van der Waals surface area contributed by atoms with E-state index in [1.165, 1.54) is 5.39 Å². The fourth-order valence-corrected chi connectivity index (χ4v) is 9.53. The van der Waals surface area contributed by atoms with Crippen molar-refractivity contribution in [2.24, 2.45) is 18.4 Å². The lowest BCUT2D eigenvalue weighted by atomic mass is 9.61. The van der Waals surface area contributed by atoms with Gasteiger partial charge in [-0.15, -0.1) is 0 Å². The number of ether oxygens (including phenoxy) is 3. The lowest BCUT2D eigenvalue weighted by molar-refractivity contribution is -0.178. The monoisotopic (exact) mass is 796 g/mol. The van der Waals surface area contributed by atoms with Crippen LogP contribution in [0.3, 0.4) is 0 Å². The molecule has 1 spiro atoms. The van der Waals surface area contributed by atoms with Crippen LogP contribution in [0.2, 0.25) is 0 Å². The summed E-state index contributed by atoms with van der Waals surface area (Å²) in [6, 6.07) is 16.2. The topological polar surface area (TPSA) is 162 Å². The number of carbonyl (C=O) groups is 5.